The number of aromatic carboxylic acids is 4. The molecule has 0 heterocycles. The highest BCUT2D eigenvalue weighted by molar-refractivity contribution is 5.93. The van der Waals surface area contributed by atoms with Gasteiger partial charge in [0, 0.05) is 5.41 Å². The monoisotopic (exact) mass is 622 g/mol. The third-order valence-electron chi connectivity index (χ3n) is 8.99. The van der Waals surface area contributed by atoms with Gasteiger partial charge in [0.05, 0.1) is 22.3 Å². The number of hydrogen-bond acceptors (Lipinski definition) is 4. The second kappa shape index (κ2) is 12.3. The zero-order valence-electron chi connectivity index (χ0n) is 27.2. The molecule has 0 spiro atoms. The van der Waals surface area contributed by atoms with Gasteiger partial charge in [-0.25, -0.2) is 19.2 Å². The largest absolute Gasteiger partial charge is 0.478 e. The molecule has 0 aromatic heterocycles. The van der Waals surface area contributed by atoms with Gasteiger partial charge in [0.1, 0.15) is 0 Å². The molecule has 8 heteroatoms. The highest BCUT2D eigenvalue weighted by atomic mass is 16.4. The number of rotatable bonds is 9. The molecule has 0 saturated carbocycles. The molecule has 0 unspecified atom stereocenters. The fraction of sp³-hybridized carbons (Fsp3) is 0.263. The van der Waals surface area contributed by atoms with Gasteiger partial charge in [-0.2, -0.15) is 0 Å². The summed E-state index contributed by atoms with van der Waals surface area (Å²) in [5, 5.41) is 39.8. The topological polar surface area (TPSA) is 149 Å². The first-order valence-electron chi connectivity index (χ1n) is 14.8. The van der Waals surface area contributed by atoms with Crippen molar-refractivity contribution < 1.29 is 39.6 Å². The summed E-state index contributed by atoms with van der Waals surface area (Å²) in [7, 11) is 0. The van der Waals surface area contributed by atoms with Gasteiger partial charge in [-0.05, 0) is 129 Å². The fourth-order valence-corrected chi connectivity index (χ4v) is 7.25. The molecular weight excluding hydrogens is 584 g/mol. The van der Waals surface area contributed by atoms with Crippen LogP contribution in [0.2, 0.25) is 0 Å². The molecule has 0 aliphatic rings. The molecule has 4 rings (SSSR count). The van der Waals surface area contributed by atoms with Crippen LogP contribution in [0.15, 0.2) is 48.5 Å². The second-order valence-electron chi connectivity index (χ2n) is 12.4. The van der Waals surface area contributed by atoms with Gasteiger partial charge < -0.3 is 20.4 Å². The first kappa shape index (κ1) is 33.6. The highest BCUT2D eigenvalue weighted by Crippen LogP contribution is 2.46. The maximum atomic E-state index is 12.2. The summed E-state index contributed by atoms with van der Waals surface area (Å²) in [6.45, 7) is 13.9. The van der Waals surface area contributed by atoms with Crippen molar-refractivity contribution in [2.75, 3.05) is 0 Å². The van der Waals surface area contributed by atoms with Crippen molar-refractivity contribution in [1.29, 1.82) is 0 Å². The van der Waals surface area contributed by atoms with E-state index >= 15 is 0 Å². The SMILES string of the molecule is Cc1cc(CC(c2cc(C)c(C(=O)O)c(C)c2)(c2cc(C)c(C(=O)O)c(C)c2)c2cc(C)c(C(=O)O)c(C)c2)cc(C)c1C(=O)O. The van der Waals surface area contributed by atoms with Gasteiger partial charge in [-0.1, -0.05) is 48.5 Å². The predicted octanol–water partition coefficient (Wildman–Crippen LogP) is 7.52. The molecule has 0 bridgehead atoms. The fourth-order valence-electron chi connectivity index (χ4n) is 7.25. The van der Waals surface area contributed by atoms with Gasteiger partial charge in [0.2, 0.25) is 0 Å². The quantitative estimate of drug-likeness (QED) is 0.140. The summed E-state index contributed by atoms with van der Waals surface area (Å²) >= 11 is 0. The van der Waals surface area contributed by atoms with Crippen LogP contribution >= 0.6 is 0 Å². The first-order valence-corrected chi connectivity index (χ1v) is 14.8. The third-order valence-corrected chi connectivity index (χ3v) is 8.99. The lowest BCUT2D eigenvalue weighted by Crippen LogP contribution is -2.34. The van der Waals surface area contributed by atoms with E-state index in [-0.39, 0.29) is 28.7 Å². The van der Waals surface area contributed by atoms with Gasteiger partial charge in [0.15, 0.2) is 0 Å². The van der Waals surface area contributed by atoms with Gasteiger partial charge in [0.25, 0.3) is 0 Å². The minimum Gasteiger partial charge on any atom is -0.478 e. The number of aryl methyl sites for hydroxylation is 8. The number of benzene rings is 4. The van der Waals surface area contributed by atoms with E-state index in [4.69, 9.17) is 0 Å². The Hall–Kier alpha value is -5.24. The van der Waals surface area contributed by atoms with E-state index in [2.05, 4.69) is 0 Å². The van der Waals surface area contributed by atoms with Crippen LogP contribution in [0.25, 0.3) is 0 Å². The minimum atomic E-state index is -1.09. The van der Waals surface area contributed by atoms with Gasteiger partial charge in [-0.15, -0.1) is 0 Å². The summed E-state index contributed by atoms with van der Waals surface area (Å²) in [6, 6.07) is 14.6. The summed E-state index contributed by atoms with van der Waals surface area (Å²) in [5.41, 5.74) is 7.00. The van der Waals surface area contributed by atoms with E-state index in [1.165, 1.54) is 0 Å². The van der Waals surface area contributed by atoms with Crippen LogP contribution in [0, 0.1) is 55.4 Å². The molecule has 0 fully saturated rings. The molecule has 8 nitrogen and oxygen atoms in total. The van der Waals surface area contributed by atoms with Crippen molar-refractivity contribution >= 4 is 23.9 Å². The van der Waals surface area contributed by atoms with E-state index < -0.39 is 29.3 Å². The van der Waals surface area contributed by atoms with Crippen molar-refractivity contribution in [3.8, 4) is 0 Å². The molecule has 4 aromatic rings. The summed E-state index contributed by atoms with van der Waals surface area (Å²) in [5.74, 6) is -4.21. The predicted molar refractivity (Wildman–Crippen MR) is 175 cm³/mol. The standard InChI is InChI=1S/C38H38O8/c1-18-9-26(10-19(2)30(18)34(39)40)17-38(27-11-20(3)31(35(41)42)21(4)12-27,28-13-22(5)32(36(43)44)23(6)14-28)29-15-24(7)33(37(45)46)25(8)16-29/h9-16H,17H2,1-8H3,(H,39,40)(H,41,42)(H,43,44)(H,45,46). The average Bonchev–Trinajstić information content (AvgIpc) is 2.89. The Morgan fingerprint density at radius 3 is 0.804 bits per heavy atom. The Morgan fingerprint density at radius 2 is 0.609 bits per heavy atom. The summed E-state index contributed by atoms with van der Waals surface area (Å²) in [6.07, 6.45) is 0.274. The molecule has 0 radical (unpaired) electrons. The summed E-state index contributed by atoms with van der Waals surface area (Å²) < 4.78 is 0. The first-order chi connectivity index (χ1) is 21.4. The van der Waals surface area contributed by atoms with E-state index in [1.54, 1.807) is 55.4 Å². The van der Waals surface area contributed by atoms with Crippen molar-refractivity contribution in [1.82, 2.24) is 0 Å². The Kier molecular flexibility index (Phi) is 8.98. The highest BCUT2D eigenvalue weighted by Gasteiger charge is 2.40. The number of carbonyl (C=O) groups is 4. The molecule has 0 atom stereocenters. The smallest absolute Gasteiger partial charge is 0.336 e. The Balaban J connectivity index is 2.26. The van der Waals surface area contributed by atoms with Crippen molar-refractivity contribution in [2.24, 2.45) is 0 Å². The third kappa shape index (κ3) is 5.78. The zero-order chi connectivity index (χ0) is 34.4. The van der Waals surface area contributed by atoms with Gasteiger partial charge in [-0.3, -0.25) is 0 Å². The van der Waals surface area contributed by atoms with Crippen molar-refractivity contribution in [3.05, 3.63) is 138 Å². The van der Waals surface area contributed by atoms with E-state index in [0.29, 0.717) is 44.5 Å². The van der Waals surface area contributed by atoms with Gasteiger partial charge >= 0.3 is 23.9 Å². The van der Waals surface area contributed by atoms with Crippen LogP contribution < -0.4 is 0 Å². The number of hydrogen-bond donors (Lipinski definition) is 4. The minimum absolute atomic E-state index is 0.178. The van der Waals surface area contributed by atoms with E-state index in [9.17, 15) is 39.6 Å². The summed E-state index contributed by atoms with van der Waals surface area (Å²) in [4.78, 5) is 48.7. The van der Waals surface area contributed by atoms with Crippen LogP contribution in [-0.2, 0) is 11.8 Å². The average molecular weight is 623 g/mol. The molecule has 238 valence electrons. The van der Waals surface area contributed by atoms with Crippen LogP contribution in [0.3, 0.4) is 0 Å². The Bertz CT molecular complexity index is 1700. The van der Waals surface area contributed by atoms with Crippen molar-refractivity contribution in [2.45, 2.75) is 67.2 Å². The maximum Gasteiger partial charge on any atom is 0.336 e. The molecular formula is C38H38O8. The van der Waals surface area contributed by atoms with Crippen molar-refractivity contribution in [3.63, 3.8) is 0 Å². The lowest BCUT2D eigenvalue weighted by Gasteiger charge is -2.38. The molecule has 4 aromatic carbocycles. The number of carboxylic acids is 4. The van der Waals surface area contributed by atoms with Crippen LogP contribution in [-0.4, -0.2) is 44.3 Å². The van der Waals surface area contributed by atoms with Crippen LogP contribution in [0.1, 0.15) is 108 Å². The Morgan fingerprint density at radius 1 is 0.413 bits per heavy atom. The Labute approximate surface area is 268 Å². The lowest BCUT2D eigenvalue weighted by molar-refractivity contribution is 0.0684. The maximum absolute atomic E-state index is 12.2. The van der Waals surface area contributed by atoms with E-state index in [1.807, 2.05) is 48.5 Å². The second-order valence-corrected chi connectivity index (χ2v) is 12.4. The lowest BCUT2D eigenvalue weighted by atomic mass is 9.64. The zero-order valence-corrected chi connectivity index (χ0v) is 27.2. The number of carboxylic acid groups (broad SMARTS) is 4. The molecule has 0 amide bonds. The molecule has 0 saturated heterocycles. The molecule has 0 aliphatic carbocycles. The van der Waals surface area contributed by atoms with Crippen LogP contribution in [0.4, 0.5) is 0 Å². The van der Waals surface area contributed by atoms with Crippen LogP contribution in [0.5, 0.6) is 0 Å². The normalized spacial score (nSPS) is 11.4. The molecule has 0 aliphatic heterocycles. The molecule has 46 heavy (non-hydrogen) atoms. The molecule has 4 N–H and O–H groups in total. The van der Waals surface area contributed by atoms with E-state index in [0.717, 1.165) is 22.3 Å².